The maximum Gasteiger partial charge on any atom is 0.188 e. The van der Waals surface area contributed by atoms with Crippen LogP contribution >= 0.6 is 11.8 Å². The number of fused-ring (bicyclic) bond motifs is 1. The Bertz CT molecular complexity index is 665. The molecule has 0 saturated carbocycles. The highest BCUT2D eigenvalue weighted by atomic mass is 32.2. The van der Waals surface area contributed by atoms with Crippen LogP contribution in [0.15, 0.2) is 47.4 Å². The zero-order valence-corrected chi connectivity index (χ0v) is 13.4. The largest absolute Gasteiger partial charge is 0.488 e. The van der Waals surface area contributed by atoms with Gasteiger partial charge in [-0.15, -0.1) is 0 Å². The Hall–Kier alpha value is -1.72. The summed E-state index contributed by atoms with van der Waals surface area (Å²) >= 11 is 1.73. The summed E-state index contributed by atoms with van der Waals surface area (Å²) in [6, 6.07) is 13.3. The standard InChI is InChI=1S/C17H18FNO2S/c1-12-19(13-6-3-4-9-16(13)22-12)14-7-5-8-15(17(14)18)21-11-10-20-2/h3-9,12H,10-11H2,1-2H3. The third-order valence-corrected chi connectivity index (χ3v) is 4.68. The normalized spacial score (nSPS) is 16.7. The zero-order valence-electron chi connectivity index (χ0n) is 12.6. The van der Waals surface area contributed by atoms with Crippen LogP contribution in [0.4, 0.5) is 15.8 Å². The molecule has 1 atom stereocenters. The van der Waals surface area contributed by atoms with Gasteiger partial charge in [-0.3, -0.25) is 0 Å². The number of nitrogens with zero attached hydrogens (tertiary/aromatic N) is 1. The topological polar surface area (TPSA) is 21.7 Å². The summed E-state index contributed by atoms with van der Waals surface area (Å²) in [4.78, 5) is 3.18. The number of rotatable bonds is 5. The van der Waals surface area contributed by atoms with Crippen LogP contribution in [0.25, 0.3) is 0 Å². The number of ether oxygens (including phenoxy) is 2. The molecule has 2 aromatic carbocycles. The molecule has 1 heterocycles. The molecule has 0 fully saturated rings. The molecule has 1 aliphatic rings. The van der Waals surface area contributed by atoms with Crippen LogP contribution in [-0.4, -0.2) is 25.7 Å². The van der Waals surface area contributed by atoms with Crippen molar-refractivity contribution in [3.8, 4) is 5.75 Å². The van der Waals surface area contributed by atoms with Gasteiger partial charge >= 0.3 is 0 Å². The van der Waals surface area contributed by atoms with E-state index in [1.165, 1.54) is 4.90 Å². The van der Waals surface area contributed by atoms with Crippen molar-refractivity contribution in [2.75, 3.05) is 25.2 Å². The molecule has 0 bridgehead atoms. The summed E-state index contributed by atoms with van der Waals surface area (Å²) in [6.45, 7) is 2.84. The summed E-state index contributed by atoms with van der Waals surface area (Å²) in [5, 5.41) is 0.140. The van der Waals surface area contributed by atoms with Gasteiger partial charge in [0.15, 0.2) is 11.6 Å². The van der Waals surface area contributed by atoms with Gasteiger partial charge in [-0.1, -0.05) is 30.0 Å². The molecule has 1 unspecified atom stereocenters. The molecule has 0 aromatic heterocycles. The van der Waals surface area contributed by atoms with Crippen molar-refractivity contribution in [2.24, 2.45) is 0 Å². The number of benzene rings is 2. The third kappa shape index (κ3) is 2.78. The molecular formula is C17H18FNO2S. The van der Waals surface area contributed by atoms with Crippen molar-refractivity contribution in [1.29, 1.82) is 0 Å². The first-order valence-corrected chi connectivity index (χ1v) is 8.05. The summed E-state index contributed by atoms with van der Waals surface area (Å²) in [5.74, 6) is -0.0705. The highest BCUT2D eigenvalue weighted by Crippen LogP contribution is 2.48. The Morgan fingerprint density at radius 2 is 1.86 bits per heavy atom. The molecule has 0 amide bonds. The van der Waals surface area contributed by atoms with E-state index in [0.29, 0.717) is 18.9 Å². The van der Waals surface area contributed by atoms with Gasteiger partial charge < -0.3 is 14.4 Å². The van der Waals surface area contributed by atoms with Crippen LogP contribution in [0.2, 0.25) is 0 Å². The minimum absolute atomic E-state index is 0.140. The van der Waals surface area contributed by atoms with Gasteiger partial charge in [-0.25, -0.2) is 4.39 Å². The molecule has 116 valence electrons. The lowest BCUT2D eigenvalue weighted by Crippen LogP contribution is -2.22. The second-order valence-corrected chi connectivity index (χ2v) is 6.34. The lowest BCUT2D eigenvalue weighted by Gasteiger charge is -2.25. The van der Waals surface area contributed by atoms with Crippen molar-refractivity contribution in [1.82, 2.24) is 0 Å². The Balaban J connectivity index is 1.93. The molecule has 0 spiro atoms. The van der Waals surface area contributed by atoms with Gasteiger partial charge in [0.25, 0.3) is 0 Å². The van der Waals surface area contributed by atoms with Crippen LogP contribution in [-0.2, 0) is 4.74 Å². The first-order valence-electron chi connectivity index (χ1n) is 7.17. The number of hydrogen-bond acceptors (Lipinski definition) is 4. The fourth-order valence-corrected chi connectivity index (χ4v) is 3.69. The Kier molecular flexibility index (Phi) is 4.55. The fraction of sp³-hybridized carbons (Fsp3) is 0.294. The highest BCUT2D eigenvalue weighted by molar-refractivity contribution is 8.00. The second-order valence-electron chi connectivity index (χ2n) is 4.99. The van der Waals surface area contributed by atoms with Crippen LogP contribution in [0.1, 0.15) is 6.92 Å². The Labute approximate surface area is 134 Å². The van der Waals surface area contributed by atoms with Gasteiger partial charge in [0, 0.05) is 12.0 Å². The fourth-order valence-electron chi connectivity index (χ4n) is 2.55. The predicted octanol–water partition coefficient (Wildman–Crippen LogP) is 4.44. The second kappa shape index (κ2) is 6.58. The zero-order chi connectivity index (χ0) is 15.5. The number of methoxy groups -OCH3 is 1. The molecule has 0 aliphatic carbocycles. The van der Waals surface area contributed by atoms with Crippen molar-refractivity contribution >= 4 is 23.1 Å². The van der Waals surface area contributed by atoms with E-state index in [0.717, 1.165) is 5.69 Å². The number of hydrogen-bond donors (Lipinski definition) is 0. The van der Waals surface area contributed by atoms with Crippen LogP contribution in [0, 0.1) is 5.82 Å². The number of thioether (sulfide) groups is 1. The molecule has 0 radical (unpaired) electrons. The van der Waals surface area contributed by atoms with E-state index < -0.39 is 0 Å². The maximum atomic E-state index is 14.8. The number of halogens is 1. The molecule has 22 heavy (non-hydrogen) atoms. The summed E-state index contributed by atoms with van der Waals surface area (Å²) < 4.78 is 25.2. The van der Waals surface area contributed by atoms with Gasteiger partial charge in [0.2, 0.25) is 0 Å². The summed E-state index contributed by atoms with van der Waals surface area (Å²) in [6.07, 6.45) is 0. The van der Waals surface area contributed by atoms with Gasteiger partial charge in [-0.2, -0.15) is 0 Å². The molecule has 1 aliphatic heterocycles. The molecule has 5 heteroatoms. The quantitative estimate of drug-likeness (QED) is 0.760. The van der Waals surface area contributed by atoms with Crippen molar-refractivity contribution < 1.29 is 13.9 Å². The molecule has 3 rings (SSSR count). The molecule has 0 N–H and O–H groups in total. The maximum absolute atomic E-state index is 14.8. The van der Waals surface area contributed by atoms with Crippen LogP contribution in [0.3, 0.4) is 0 Å². The summed E-state index contributed by atoms with van der Waals surface area (Å²) in [5.41, 5.74) is 1.58. The van der Waals surface area contributed by atoms with Crippen molar-refractivity contribution in [3.63, 3.8) is 0 Å². The van der Waals surface area contributed by atoms with Gasteiger partial charge in [0.05, 0.1) is 23.4 Å². The minimum atomic E-state index is -0.331. The minimum Gasteiger partial charge on any atom is -0.488 e. The van der Waals surface area contributed by atoms with Crippen LogP contribution < -0.4 is 9.64 Å². The van der Waals surface area contributed by atoms with Gasteiger partial charge in [-0.05, 0) is 31.2 Å². The van der Waals surface area contributed by atoms with E-state index in [1.54, 1.807) is 31.0 Å². The summed E-state index contributed by atoms with van der Waals surface area (Å²) in [7, 11) is 1.59. The van der Waals surface area contributed by atoms with Crippen molar-refractivity contribution in [3.05, 3.63) is 48.3 Å². The predicted molar refractivity (Wildman–Crippen MR) is 87.7 cm³/mol. The molecule has 3 nitrogen and oxygen atoms in total. The van der Waals surface area contributed by atoms with E-state index in [2.05, 4.69) is 13.0 Å². The monoisotopic (exact) mass is 319 g/mol. The van der Waals surface area contributed by atoms with E-state index in [-0.39, 0.29) is 16.9 Å². The SMILES string of the molecule is COCCOc1cccc(N2c3ccccc3SC2C)c1F. The van der Waals surface area contributed by atoms with Gasteiger partial charge in [0.1, 0.15) is 6.61 Å². The average molecular weight is 319 g/mol. The molecule has 2 aromatic rings. The lowest BCUT2D eigenvalue weighted by atomic mass is 10.2. The van der Waals surface area contributed by atoms with E-state index >= 15 is 0 Å². The number of para-hydroxylation sites is 1. The number of anilines is 2. The third-order valence-electron chi connectivity index (χ3n) is 3.53. The van der Waals surface area contributed by atoms with E-state index in [9.17, 15) is 4.39 Å². The molecular weight excluding hydrogens is 301 g/mol. The first-order chi connectivity index (χ1) is 10.7. The van der Waals surface area contributed by atoms with Crippen molar-refractivity contribution in [2.45, 2.75) is 17.2 Å². The average Bonchev–Trinajstić information content (AvgIpc) is 2.85. The van der Waals surface area contributed by atoms with E-state index in [4.69, 9.17) is 9.47 Å². The molecule has 0 saturated heterocycles. The Morgan fingerprint density at radius 1 is 1.09 bits per heavy atom. The van der Waals surface area contributed by atoms with E-state index in [1.807, 2.05) is 29.2 Å². The first kappa shape index (κ1) is 15.2. The smallest absolute Gasteiger partial charge is 0.188 e. The Morgan fingerprint density at radius 3 is 2.68 bits per heavy atom. The lowest BCUT2D eigenvalue weighted by molar-refractivity contribution is 0.144. The highest BCUT2D eigenvalue weighted by Gasteiger charge is 2.30. The van der Waals surface area contributed by atoms with Crippen LogP contribution in [0.5, 0.6) is 5.75 Å².